The van der Waals surface area contributed by atoms with Gasteiger partial charge in [0.15, 0.2) is 0 Å². The van der Waals surface area contributed by atoms with Gasteiger partial charge in [-0.2, -0.15) is 0 Å². The molecule has 4 heteroatoms. The Morgan fingerprint density at radius 2 is 1.71 bits per heavy atom. The lowest BCUT2D eigenvalue weighted by Gasteiger charge is -2.10. The van der Waals surface area contributed by atoms with Gasteiger partial charge < -0.3 is 10.6 Å². The summed E-state index contributed by atoms with van der Waals surface area (Å²) in [5.41, 5.74) is 4.35. The SMILES string of the molecule is Cc1cc(C)cc(NC(=O)c2ccc(NC(C)C)cn2)c1. The zero-order valence-corrected chi connectivity index (χ0v) is 12.9. The van der Waals surface area contributed by atoms with Gasteiger partial charge in [-0.15, -0.1) is 0 Å². The molecule has 0 fully saturated rings. The first-order chi connectivity index (χ1) is 9.94. The second-order valence-electron chi connectivity index (χ2n) is 5.56. The lowest BCUT2D eigenvalue weighted by molar-refractivity contribution is 0.102. The van der Waals surface area contributed by atoms with Crippen LogP contribution >= 0.6 is 0 Å². The summed E-state index contributed by atoms with van der Waals surface area (Å²) in [5.74, 6) is -0.198. The van der Waals surface area contributed by atoms with Crippen molar-refractivity contribution >= 4 is 17.3 Å². The van der Waals surface area contributed by atoms with E-state index in [0.717, 1.165) is 22.5 Å². The number of rotatable bonds is 4. The molecule has 0 atom stereocenters. The second kappa shape index (κ2) is 6.39. The molecule has 0 radical (unpaired) electrons. The monoisotopic (exact) mass is 283 g/mol. The van der Waals surface area contributed by atoms with Crippen molar-refractivity contribution in [2.45, 2.75) is 33.7 Å². The van der Waals surface area contributed by atoms with Gasteiger partial charge in [-0.1, -0.05) is 6.07 Å². The number of carbonyl (C=O) groups is 1. The fourth-order valence-electron chi connectivity index (χ4n) is 2.19. The molecule has 0 aliphatic rings. The highest BCUT2D eigenvalue weighted by atomic mass is 16.1. The molecular formula is C17H21N3O. The molecule has 110 valence electrons. The molecule has 1 aromatic carbocycles. The van der Waals surface area contributed by atoms with E-state index in [1.54, 1.807) is 12.3 Å². The number of anilines is 2. The van der Waals surface area contributed by atoms with Crippen LogP contribution in [0.2, 0.25) is 0 Å². The summed E-state index contributed by atoms with van der Waals surface area (Å²) in [5, 5.41) is 6.12. The molecule has 0 unspecified atom stereocenters. The predicted octanol–water partition coefficient (Wildman–Crippen LogP) is 3.77. The summed E-state index contributed by atoms with van der Waals surface area (Å²) in [6.45, 7) is 8.13. The standard InChI is InChI=1S/C17H21N3O/c1-11(2)19-14-5-6-16(18-10-14)17(21)20-15-8-12(3)7-13(4)9-15/h5-11,19H,1-4H3,(H,20,21). The summed E-state index contributed by atoms with van der Waals surface area (Å²) in [6.07, 6.45) is 1.68. The number of aryl methyl sites for hydroxylation is 2. The van der Waals surface area contributed by atoms with E-state index in [0.29, 0.717) is 11.7 Å². The van der Waals surface area contributed by atoms with Gasteiger partial charge in [-0.05, 0) is 63.1 Å². The first-order valence-electron chi connectivity index (χ1n) is 7.06. The van der Waals surface area contributed by atoms with Crippen LogP contribution in [0.15, 0.2) is 36.5 Å². The molecule has 1 amide bonds. The lowest BCUT2D eigenvalue weighted by atomic mass is 10.1. The van der Waals surface area contributed by atoms with Crippen LogP contribution in [0.25, 0.3) is 0 Å². The fraction of sp³-hybridized carbons (Fsp3) is 0.294. The molecule has 0 aliphatic carbocycles. The van der Waals surface area contributed by atoms with Gasteiger partial charge in [0.25, 0.3) is 5.91 Å². The van der Waals surface area contributed by atoms with Crippen molar-refractivity contribution < 1.29 is 4.79 Å². The largest absolute Gasteiger partial charge is 0.382 e. The highest BCUT2D eigenvalue weighted by Gasteiger charge is 2.08. The summed E-state index contributed by atoms with van der Waals surface area (Å²) in [4.78, 5) is 16.4. The number of amides is 1. The smallest absolute Gasteiger partial charge is 0.274 e. The van der Waals surface area contributed by atoms with Crippen LogP contribution in [0.3, 0.4) is 0 Å². The maximum Gasteiger partial charge on any atom is 0.274 e. The molecule has 0 bridgehead atoms. The molecule has 0 saturated carbocycles. The van der Waals surface area contributed by atoms with Gasteiger partial charge in [0.1, 0.15) is 5.69 Å². The van der Waals surface area contributed by atoms with E-state index in [9.17, 15) is 4.79 Å². The first kappa shape index (κ1) is 15.0. The normalized spacial score (nSPS) is 10.5. The van der Waals surface area contributed by atoms with E-state index in [4.69, 9.17) is 0 Å². The summed E-state index contributed by atoms with van der Waals surface area (Å²) >= 11 is 0. The quantitative estimate of drug-likeness (QED) is 0.898. The molecule has 2 aromatic rings. The average molecular weight is 283 g/mol. The minimum atomic E-state index is -0.198. The van der Waals surface area contributed by atoms with Crippen LogP contribution in [0, 0.1) is 13.8 Å². The Hall–Kier alpha value is -2.36. The molecule has 1 heterocycles. The number of hydrogen-bond acceptors (Lipinski definition) is 3. The van der Waals surface area contributed by atoms with Crippen molar-refractivity contribution in [2.24, 2.45) is 0 Å². The highest BCUT2D eigenvalue weighted by Crippen LogP contribution is 2.15. The Morgan fingerprint density at radius 3 is 2.24 bits per heavy atom. The molecule has 2 N–H and O–H groups in total. The molecule has 0 aliphatic heterocycles. The van der Waals surface area contributed by atoms with E-state index >= 15 is 0 Å². The van der Waals surface area contributed by atoms with E-state index in [-0.39, 0.29) is 5.91 Å². The third-order valence-corrected chi connectivity index (χ3v) is 2.93. The van der Waals surface area contributed by atoms with Gasteiger partial charge in [0.05, 0.1) is 11.9 Å². The third-order valence-electron chi connectivity index (χ3n) is 2.93. The Labute approximate surface area is 125 Å². The topological polar surface area (TPSA) is 54.0 Å². The minimum Gasteiger partial charge on any atom is -0.382 e. The molecule has 4 nitrogen and oxygen atoms in total. The summed E-state index contributed by atoms with van der Waals surface area (Å²) in [6, 6.07) is 9.88. The van der Waals surface area contributed by atoms with E-state index in [1.165, 1.54) is 0 Å². The predicted molar refractivity (Wildman–Crippen MR) is 86.9 cm³/mol. The van der Waals surface area contributed by atoms with Crippen LogP contribution in [-0.4, -0.2) is 16.9 Å². The van der Waals surface area contributed by atoms with E-state index in [2.05, 4.69) is 35.5 Å². The zero-order chi connectivity index (χ0) is 15.4. The first-order valence-corrected chi connectivity index (χ1v) is 7.06. The summed E-state index contributed by atoms with van der Waals surface area (Å²) < 4.78 is 0. The zero-order valence-electron chi connectivity index (χ0n) is 12.9. The van der Waals surface area contributed by atoms with Crippen LogP contribution in [0.4, 0.5) is 11.4 Å². The molecule has 0 spiro atoms. The van der Waals surface area contributed by atoms with Crippen molar-refractivity contribution in [3.05, 3.63) is 53.3 Å². The Kier molecular flexibility index (Phi) is 4.58. The Morgan fingerprint density at radius 1 is 1.05 bits per heavy atom. The molecule has 1 aromatic heterocycles. The number of nitrogens with zero attached hydrogens (tertiary/aromatic N) is 1. The van der Waals surface area contributed by atoms with Gasteiger partial charge in [-0.3, -0.25) is 4.79 Å². The molecular weight excluding hydrogens is 262 g/mol. The van der Waals surface area contributed by atoms with Crippen molar-refractivity contribution in [3.8, 4) is 0 Å². The van der Waals surface area contributed by atoms with Crippen LogP contribution in [0.5, 0.6) is 0 Å². The number of aromatic nitrogens is 1. The Balaban J connectivity index is 2.09. The minimum absolute atomic E-state index is 0.198. The van der Waals surface area contributed by atoms with Crippen LogP contribution < -0.4 is 10.6 Å². The average Bonchev–Trinajstić information content (AvgIpc) is 2.37. The highest BCUT2D eigenvalue weighted by molar-refractivity contribution is 6.03. The molecule has 0 saturated heterocycles. The third kappa shape index (κ3) is 4.31. The van der Waals surface area contributed by atoms with E-state index < -0.39 is 0 Å². The van der Waals surface area contributed by atoms with Gasteiger partial charge in [0.2, 0.25) is 0 Å². The van der Waals surface area contributed by atoms with Crippen molar-refractivity contribution in [2.75, 3.05) is 10.6 Å². The Bertz CT molecular complexity index is 613. The van der Waals surface area contributed by atoms with Crippen molar-refractivity contribution in [3.63, 3.8) is 0 Å². The number of nitrogens with one attached hydrogen (secondary N) is 2. The maximum absolute atomic E-state index is 12.2. The maximum atomic E-state index is 12.2. The lowest BCUT2D eigenvalue weighted by Crippen LogP contribution is -2.15. The van der Waals surface area contributed by atoms with Crippen molar-refractivity contribution in [1.29, 1.82) is 0 Å². The summed E-state index contributed by atoms with van der Waals surface area (Å²) in [7, 11) is 0. The van der Waals surface area contributed by atoms with Gasteiger partial charge in [-0.25, -0.2) is 4.98 Å². The number of pyridine rings is 1. The van der Waals surface area contributed by atoms with Gasteiger partial charge in [0, 0.05) is 11.7 Å². The van der Waals surface area contributed by atoms with Gasteiger partial charge >= 0.3 is 0 Å². The fourth-order valence-corrected chi connectivity index (χ4v) is 2.19. The number of hydrogen-bond donors (Lipinski definition) is 2. The van der Waals surface area contributed by atoms with Crippen LogP contribution in [-0.2, 0) is 0 Å². The van der Waals surface area contributed by atoms with Crippen LogP contribution in [0.1, 0.15) is 35.5 Å². The van der Waals surface area contributed by atoms with Crippen molar-refractivity contribution in [1.82, 2.24) is 4.98 Å². The number of carbonyl (C=O) groups excluding carboxylic acids is 1. The molecule has 2 rings (SSSR count). The molecule has 21 heavy (non-hydrogen) atoms. The number of benzene rings is 1. The second-order valence-corrected chi connectivity index (χ2v) is 5.56. The van der Waals surface area contributed by atoms with E-state index in [1.807, 2.05) is 32.0 Å².